The summed E-state index contributed by atoms with van der Waals surface area (Å²) in [7, 11) is 0. The lowest BCUT2D eigenvalue weighted by Crippen LogP contribution is -2.42. The van der Waals surface area contributed by atoms with Crippen LogP contribution in [0.2, 0.25) is 0 Å². The number of rotatable bonds is 5. The first-order valence-electron chi connectivity index (χ1n) is 6.02. The van der Waals surface area contributed by atoms with Crippen molar-refractivity contribution in [2.24, 2.45) is 5.92 Å². The van der Waals surface area contributed by atoms with Crippen LogP contribution in [0, 0.1) is 5.92 Å². The van der Waals surface area contributed by atoms with Crippen molar-refractivity contribution in [3.63, 3.8) is 0 Å². The van der Waals surface area contributed by atoms with Crippen LogP contribution in [-0.4, -0.2) is 28.7 Å². The molecule has 1 fully saturated rings. The van der Waals surface area contributed by atoms with Gasteiger partial charge in [-0.2, -0.15) is 24.4 Å². The average Bonchev–Trinajstić information content (AvgIpc) is 2.74. The fourth-order valence-corrected chi connectivity index (χ4v) is 3.13. The molecule has 1 amide bonds. The van der Waals surface area contributed by atoms with Gasteiger partial charge in [-0.25, -0.2) is 0 Å². The van der Waals surface area contributed by atoms with E-state index in [4.69, 9.17) is 0 Å². The van der Waals surface area contributed by atoms with Gasteiger partial charge in [-0.3, -0.25) is 4.79 Å². The number of thioether (sulfide) groups is 1. The van der Waals surface area contributed by atoms with Crippen LogP contribution in [-0.2, 0) is 4.79 Å². The Morgan fingerprint density at radius 1 is 1.44 bits per heavy atom. The first-order chi connectivity index (χ1) is 7.51. The van der Waals surface area contributed by atoms with Gasteiger partial charge in [0.15, 0.2) is 0 Å². The Bertz CT molecular complexity index is 237. The molecule has 1 N–H and O–H groups in total. The Kier molecular flexibility index (Phi) is 5.51. The Balaban J connectivity index is 2.41. The highest BCUT2D eigenvalue weighted by atomic mass is 32.2. The van der Waals surface area contributed by atoms with E-state index in [0.717, 1.165) is 6.54 Å². The predicted octanol–water partition coefficient (Wildman–Crippen LogP) is 2.73. The zero-order chi connectivity index (χ0) is 12.2. The molecule has 0 aliphatic heterocycles. The van der Waals surface area contributed by atoms with Crippen LogP contribution in [0.25, 0.3) is 0 Å². The summed E-state index contributed by atoms with van der Waals surface area (Å²) >= 11 is 6.24. The lowest BCUT2D eigenvalue weighted by Gasteiger charge is -2.28. The summed E-state index contributed by atoms with van der Waals surface area (Å²) in [5, 5.41) is 2.88. The second kappa shape index (κ2) is 6.20. The highest BCUT2D eigenvalue weighted by Crippen LogP contribution is 2.39. The molecule has 94 valence electrons. The summed E-state index contributed by atoms with van der Waals surface area (Å²) < 4.78 is 0.292. The van der Waals surface area contributed by atoms with Crippen molar-refractivity contribution in [3.05, 3.63) is 0 Å². The second-order valence-electron chi connectivity index (χ2n) is 5.00. The molecule has 0 aromatic carbocycles. The van der Waals surface area contributed by atoms with Gasteiger partial charge in [0.2, 0.25) is 5.91 Å². The van der Waals surface area contributed by atoms with Crippen molar-refractivity contribution in [3.8, 4) is 0 Å². The fourth-order valence-electron chi connectivity index (χ4n) is 2.13. The minimum atomic E-state index is -0.180. The maximum absolute atomic E-state index is 11.8. The molecule has 1 saturated carbocycles. The number of nitrogens with one attached hydrogen (secondary N) is 1. The van der Waals surface area contributed by atoms with Gasteiger partial charge in [-0.1, -0.05) is 26.7 Å². The van der Waals surface area contributed by atoms with Gasteiger partial charge in [0.25, 0.3) is 0 Å². The third kappa shape index (κ3) is 3.59. The van der Waals surface area contributed by atoms with E-state index < -0.39 is 0 Å². The molecule has 1 aliphatic rings. The maximum atomic E-state index is 11.8. The zero-order valence-electron chi connectivity index (χ0n) is 10.5. The Labute approximate surface area is 109 Å². The van der Waals surface area contributed by atoms with E-state index in [1.807, 2.05) is 25.6 Å². The summed E-state index contributed by atoms with van der Waals surface area (Å²) in [5.41, 5.74) is 0. The summed E-state index contributed by atoms with van der Waals surface area (Å²) in [6.45, 7) is 4.85. The molecule has 2 nitrogen and oxygen atoms in total. The number of amides is 1. The Morgan fingerprint density at radius 2 is 2.00 bits per heavy atom. The standard InChI is InChI=1S/C12H23NOS2/c1-9(2)10(15)11(14)13-8-12(16-3)6-4-5-7-12/h9-10,15H,4-8H2,1-3H3,(H,13,14). The number of carbonyl (C=O) groups is 1. The number of carbonyl (C=O) groups excluding carboxylic acids is 1. The maximum Gasteiger partial charge on any atom is 0.233 e. The van der Waals surface area contributed by atoms with Crippen LogP contribution >= 0.6 is 24.4 Å². The van der Waals surface area contributed by atoms with Gasteiger partial charge in [-0.15, -0.1) is 0 Å². The summed E-state index contributed by atoms with van der Waals surface area (Å²) in [5.74, 6) is 0.371. The largest absolute Gasteiger partial charge is 0.354 e. The Hall–Kier alpha value is 0.170. The third-order valence-electron chi connectivity index (χ3n) is 3.43. The third-order valence-corrected chi connectivity index (χ3v) is 5.68. The lowest BCUT2D eigenvalue weighted by molar-refractivity contribution is -0.121. The van der Waals surface area contributed by atoms with Crippen molar-refractivity contribution in [1.29, 1.82) is 0 Å². The monoisotopic (exact) mass is 261 g/mol. The molecular weight excluding hydrogens is 238 g/mol. The van der Waals surface area contributed by atoms with Gasteiger partial charge in [0, 0.05) is 11.3 Å². The van der Waals surface area contributed by atoms with E-state index >= 15 is 0 Å². The number of hydrogen-bond acceptors (Lipinski definition) is 3. The minimum absolute atomic E-state index is 0.0821. The van der Waals surface area contributed by atoms with E-state index in [9.17, 15) is 4.79 Å². The average molecular weight is 261 g/mol. The molecule has 0 radical (unpaired) electrons. The highest BCUT2D eigenvalue weighted by molar-refractivity contribution is 8.00. The number of hydrogen-bond donors (Lipinski definition) is 2. The SMILES string of the molecule is CSC1(CNC(=O)C(S)C(C)C)CCCC1. The van der Waals surface area contributed by atoms with Gasteiger partial charge < -0.3 is 5.32 Å². The summed E-state index contributed by atoms with van der Waals surface area (Å²) in [6.07, 6.45) is 7.20. The molecule has 0 aromatic heterocycles. The normalized spacial score (nSPS) is 21.1. The van der Waals surface area contributed by atoms with Crippen molar-refractivity contribution in [2.45, 2.75) is 49.5 Å². The molecule has 1 rings (SSSR count). The predicted molar refractivity (Wildman–Crippen MR) is 75.3 cm³/mol. The van der Waals surface area contributed by atoms with E-state index in [2.05, 4.69) is 24.2 Å². The molecule has 16 heavy (non-hydrogen) atoms. The number of thiol groups is 1. The first kappa shape index (κ1) is 14.2. The van der Waals surface area contributed by atoms with Crippen molar-refractivity contribution in [1.82, 2.24) is 5.32 Å². The highest BCUT2D eigenvalue weighted by Gasteiger charge is 2.33. The molecule has 1 unspecified atom stereocenters. The van der Waals surface area contributed by atoms with Crippen molar-refractivity contribution >= 4 is 30.3 Å². The summed E-state index contributed by atoms with van der Waals surface area (Å²) in [6, 6.07) is 0. The molecule has 0 bridgehead atoms. The molecule has 1 atom stereocenters. The summed E-state index contributed by atoms with van der Waals surface area (Å²) in [4.78, 5) is 11.8. The molecule has 1 aliphatic carbocycles. The quantitative estimate of drug-likeness (QED) is 0.745. The smallest absolute Gasteiger partial charge is 0.233 e. The molecule has 0 saturated heterocycles. The van der Waals surface area contributed by atoms with Crippen LogP contribution in [0.15, 0.2) is 0 Å². The topological polar surface area (TPSA) is 29.1 Å². The first-order valence-corrected chi connectivity index (χ1v) is 7.76. The van der Waals surface area contributed by atoms with Crippen LogP contribution in [0.3, 0.4) is 0 Å². The van der Waals surface area contributed by atoms with Gasteiger partial charge in [0.05, 0.1) is 5.25 Å². The van der Waals surface area contributed by atoms with Crippen LogP contribution in [0.5, 0.6) is 0 Å². The van der Waals surface area contributed by atoms with Gasteiger partial charge in [-0.05, 0) is 25.0 Å². The van der Waals surface area contributed by atoms with Gasteiger partial charge >= 0.3 is 0 Å². The minimum Gasteiger partial charge on any atom is -0.354 e. The van der Waals surface area contributed by atoms with Crippen LogP contribution in [0.1, 0.15) is 39.5 Å². The molecule has 0 spiro atoms. The van der Waals surface area contributed by atoms with Gasteiger partial charge in [0.1, 0.15) is 0 Å². The van der Waals surface area contributed by atoms with E-state index in [1.165, 1.54) is 25.7 Å². The van der Waals surface area contributed by atoms with E-state index in [-0.39, 0.29) is 17.1 Å². The van der Waals surface area contributed by atoms with Crippen molar-refractivity contribution in [2.75, 3.05) is 12.8 Å². The molecule has 0 heterocycles. The van der Waals surface area contributed by atoms with Crippen molar-refractivity contribution < 1.29 is 4.79 Å². The Morgan fingerprint density at radius 3 is 2.44 bits per heavy atom. The molecule has 4 heteroatoms. The van der Waals surface area contributed by atoms with Crippen LogP contribution in [0.4, 0.5) is 0 Å². The fraction of sp³-hybridized carbons (Fsp3) is 0.917. The molecular formula is C12H23NOS2. The van der Waals surface area contributed by atoms with E-state index in [0.29, 0.717) is 4.75 Å². The van der Waals surface area contributed by atoms with E-state index in [1.54, 1.807) is 0 Å². The zero-order valence-corrected chi connectivity index (χ0v) is 12.2. The van der Waals surface area contributed by atoms with Crippen LogP contribution < -0.4 is 5.32 Å². The lowest BCUT2D eigenvalue weighted by atomic mass is 10.1. The molecule has 0 aromatic rings. The second-order valence-corrected chi connectivity index (χ2v) is 6.83.